The standard InChI is InChI=1S/C46H85NO2/c1-3-5-7-9-11-13-15-17-19-21-23-25-27-29-31-33-42-48-44-36-39-46-38-35-40-47(46)41-37-45-49-43-34-32-30-28-26-24-22-20-18-16-14-12-10-8-6-4-2/h11-14,17-20,46H,3-10,15-16,21-45H2,1-2H3/b13-11-,14-12-,19-17-,20-18-. The first kappa shape index (κ1) is 45.9. The van der Waals surface area contributed by atoms with Crippen LogP contribution in [0.5, 0.6) is 0 Å². The van der Waals surface area contributed by atoms with Crippen molar-refractivity contribution in [2.24, 2.45) is 0 Å². The molecule has 0 aromatic heterocycles. The van der Waals surface area contributed by atoms with Crippen LogP contribution in [0.4, 0.5) is 0 Å². The summed E-state index contributed by atoms with van der Waals surface area (Å²) in [6, 6.07) is 0.776. The van der Waals surface area contributed by atoms with Gasteiger partial charge in [-0.3, -0.25) is 0 Å². The third-order valence-electron chi connectivity index (χ3n) is 10.0. The number of hydrogen-bond donors (Lipinski definition) is 0. The highest BCUT2D eigenvalue weighted by atomic mass is 16.5. The van der Waals surface area contributed by atoms with E-state index in [-0.39, 0.29) is 0 Å². The number of likely N-dealkylation sites (tertiary alicyclic amines) is 1. The summed E-state index contributed by atoms with van der Waals surface area (Å²) in [5.74, 6) is 0. The first-order valence-corrected chi connectivity index (χ1v) is 21.9. The zero-order chi connectivity index (χ0) is 35.0. The van der Waals surface area contributed by atoms with Gasteiger partial charge in [0.1, 0.15) is 0 Å². The van der Waals surface area contributed by atoms with Gasteiger partial charge in [0.2, 0.25) is 0 Å². The zero-order valence-electron chi connectivity index (χ0n) is 33.2. The average Bonchev–Trinajstić information content (AvgIpc) is 3.57. The fourth-order valence-electron chi connectivity index (χ4n) is 6.90. The Morgan fingerprint density at radius 2 is 0.857 bits per heavy atom. The summed E-state index contributed by atoms with van der Waals surface area (Å²) >= 11 is 0. The molecule has 3 heteroatoms. The van der Waals surface area contributed by atoms with Crippen LogP contribution in [-0.2, 0) is 9.47 Å². The summed E-state index contributed by atoms with van der Waals surface area (Å²) < 4.78 is 12.0. The van der Waals surface area contributed by atoms with Crippen LogP contribution in [-0.4, -0.2) is 50.5 Å². The monoisotopic (exact) mass is 684 g/mol. The minimum atomic E-state index is 0.776. The summed E-state index contributed by atoms with van der Waals surface area (Å²) in [5, 5.41) is 0. The summed E-state index contributed by atoms with van der Waals surface area (Å²) in [6.45, 7) is 10.8. The van der Waals surface area contributed by atoms with Crippen LogP contribution in [0.15, 0.2) is 48.6 Å². The first-order valence-electron chi connectivity index (χ1n) is 21.9. The van der Waals surface area contributed by atoms with E-state index in [1.807, 2.05) is 0 Å². The van der Waals surface area contributed by atoms with Crippen molar-refractivity contribution in [2.45, 2.75) is 206 Å². The number of ether oxygens (including phenoxy) is 2. The predicted molar refractivity (Wildman–Crippen MR) is 219 cm³/mol. The number of hydrogen-bond acceptors (Lipinski definition) is 3. The minimum absolute atomic E-state index is 0.776. The van der Waals surface area contributed by atoms with Gasteiger partial charge in [-0.25, -0.2) is 0 Å². The van der Waals surface area contributed by atoms with E-state index in [1.54, 1.807) is 0 Å². The molecule has 0 spiro atoms. The molecule has 1 aliphatic heterocycles. The Morgan fingerprint density at radius 1 is 0.449 bits per heavy atom. The van der Waals surface area contributed by atoms with Crippen LogP contribution >= 0.6 is 0 Å². The molecule has 49 heavy (non-hydrogen) atoms. The Kier molecular flexibility index (Phi) is 37.1. The van der Waals surface area contributed by atoms with Crippen molar-refractivity contribution in [1.82, 2.24) is 4.90 Å². The van der Waals surface area contributed by atoms with Crippen molar-refractivity contribution in [3.05, 3.63) is 48.6 Å². The molecular weight excluding hydrogens is 599 g/mol. The fraction of sp³-hybridized carbons (Fsp3) is 0.826. The summed E-state index contributed by atoms with van der Waals surface area (Å²) in [6.07, 6.45) is 56.5. The van der Waals surface area contributed by atoms with Gasteiger partial charge in [0.15, 0.2) is 0 Å². The van der Waals surface area contributed by atoms with E-state index in [0.29, 0.717) is 0 Å². The molecule has 0 aliphatic carbocycles. The Bertz CT molecular complexity index is 694. The molecule has 1 unspecified atom stereocenters. The normalized spacial score (nSPS) is 15.8. The molecule has 0 saturated carbocycles. The van der Waals surface area contributed by atoms with E-state index in [9.17, 15) is 0 Å². The summed E-state index contributed by atoms with van der Waals surface area (Å²) in [7, 11) is 0. The lowest BCUT2D eigenvalue weighted by molar-refractivity contribution is 0.107. The molecule has 3 nitrogen and oxygen atoms in total. The Hall–Kier alpha value is -1.16. The molecule has 1 rings (SSSR count). The maximum atomic E-state index is 6.00. The van der Waals surface area contributed by atoms with E-state index in [4.69, 9.17) is 9.47 Å². The van der Waals surface area contributed by atoms with Gasteiger partial charge in [0.25, 0.3) is 0 Å². The van der Waals surface area contributed by atoms with Crippen molar-refractivity contribution in [3.63, 3.8) is 0 Å². The van der Waals surface area contributed by atoms with Gasteiger partial charge >= 0.3 is 0 Å². The van der Waals surface area contributed by atoms with Crippen molar-refractivity contribution in [1.29, 1.82) is 0 Å². The first-order chi connectivity index (χ1) is 24.4. The van der Waals surface area contributed by atoms with Crippen molar-refractivity contribution >= 4 is 0 Å². The second-order valence-corrected chi connectivity index (χ2v) is 14.7. The second-order valence-electron chi connectivity index (χ2n) is 14.7. The van der Waals surface area contributed by atoms with Gasteiger partial charge in [-0.2, -0.15) is 0 Å². The average molecular weight is 684 g/mol. The number of nitrogens with zero attached hydrogens (tertiary/aromatic N) is 1. The Balaban J connectivity index is 1.80. The lowest BCUT2D eigenvalue weighted by atomic mass is 10.1. The number of rotatable bonds is 38. The third-order valence-corrected chi connectivity index (χ3v) is 10.0. The SMILES string of the molecule is CCCCC/C=C\C/C=C\CCCCCCCCOCCCC1CCCN1CCCOCCCCCCCC/C=C\C/C=C\CCCCC. The quantitative estimate of drug-likeness (QED) is 0.0477. The highest BCUT2D eigenvalue weighted by molar-refractivity contribution is 4.93. The summed E-state index contributed by atoms with van der Waals surface area (Å²) in [4.78, 5) is 2.73. The second kappa shape index (κ2) is 39.6. The van der Waals surface area contributed by atoms with Crippen molar-refractivity contribution in [2.75, 3.05) is 39.5 Å². The van der Waals surface area contributed by atoms with Crippen LogP contribution in [0, 0.1) is 0 Å². The molecule has 1 fully saturated rings. The van der Waals surface area contributed by atoms with Gasteiger partial charge in [0.05, 0.1) is 0 Å². The molecule has 1 aliphatic rings. The Morgan fingerprint density at radius 3 is 1.35 bits per heavy atom. The van der Waals surface area contributed by atoms with Crippen molar-refractivity contribution < 1.29 is 9.47 Å². The molecule has 0 bridgehead atoms. The van der Waals surface area contributed by atoms with Crippen LogP contribution in [0.3, 0.4) is 0 Å². The van der Waals surface area contributed by atoms with Crippen LogP contribution in [0.2, 0.25) is 0 Å². The molecule has 286 valence electrons. The summed E-state index contributed by atoms with van der Waals surface area (Å²) in [5.41, 5.74) is 0. The van der Waals surface area contributed by atoms with Crippen LogP contribution in [0.1, 0.15) is 200 Å². The molecule has 0 aromatic carbocycles. The minimum Gasteiger partial charge on any atom is -0.381 e. The largest absolute Gasteiger partial charge is 0.381 e. The van der Waals surface area contributed by atoms with Gasteiger partial charge in [-0.1, -0.05) is 140 Å². The van der Waals surface area contributed by atoms with E-state index < -0.39 is 0 Å². The van der Waals surface area contributed by atoms with E-state index >= 15 is 0 Å². The molecule has 1 heterocycles. The lowest BCUT2D eigenvalue weighted by Crippen LogP contribution is -2.31. The number of allylic oxidation sites excluding steroid dienone is 8. The molecule has 0 aromatic rings. The molecule has 1 saturated heterocycles. The number of unbranched alkanes of at least 4 members (excludes halogenated alkanes) is 18. The molecule has 0 amide bonds. The highest BCUT2D eigenvalue weighted by Crippen LogP contribution is 2.21. The maximum absolute atomic E-state index is 6.00. The molecule has 1 atom stereocenters. The van der Waals surface area contributed by atoms with E-state index in [2.05, 4.69) is 67.4 Å². The fourth-order valence-corrected chi connectivity index (χ4v) is 6.90. The Labute approximate surface area is 307 Å². The van der Waals surface area contributed by atoms with Crippen LogP contribution < -0.4 is 0 Å². The van der Waals surface area contributed by atoms with E-state index in [1.165, 1.54) is 186 Å². The van der Waals surface area contributed by atoms with Gasteiger partial charge in [0, 0.05) is 39.0 Å². The smallest absolute Gasteiger partial charge is 0.0478 e. The maximum Gasteiger partial charge on any atom is 0.0478 e. The third kappa shape index (κ3) is 33.7. The predicted octanol–water partition coefficient (Wildman–Crippen LogP) is 14.3. The van der Waals surface area contributed by atoms with Gasteiger partial charge in [-0.05, 0) is 116 Å². The van der Waals surface area contributed by atoms with Crippen LogP contribution in [0.25, 0.3) is 0 Å². The molecule has 0 N–H and O–H groups in total. The topological polar surface area (TPSA) is 21.7 Å². The van der Waals surface area contributed by atoms with Gasteiger partial charge < -0.3 is 14.4 Å². The highest BCUT2D eigenvalue weighted by Gasteiger charge is 2.23. The lowest BCUT2D eigenvalue weighted by Gasteiger charge is -2.24. The van der Waals surface area contributed by atoms with Gasteiger partial charge in [-0.15, -0.1) is 0 Å². The molecular formula is C46H85NO2. The van der Waals surface area contributed by atoms with E-state index in [0.717, 1.165) is 45.3 Å². The molecule has 0 radical (unpaired) electrons. The zero-order valence-corrected chi connectivity index (χ0v) is 33.2. The van der Waals surface area contributed by atoms with Crippen molar-refractivity contribution in [3.8, 4) is 0 Å².